The van der Waals surface area contributed by atoms with Gasteiger partial charge in [0, 0.05) is 0 Å². The van der Waals surface area contributed by atoms with Crippen LogP contribution in [0, 0.1) is 5.92 Å². The minimum absolute atomic E-state index is 0.369. The molecule has 0 spiro atoms. The number of rotatable bonds is 7. The van der Waals surface area contributed by atoms with Crippen LogP contribution in [0.15, 0.2) is 24.3 Å². The third kappa shape index (κ3) is 3.59. The Balaban J connectivity index is 2.07. The molecule has 1 unspecified atom stereocenters. The van der Waals surface area contributed by atoms with Crippen LogP contribution in [0.3, 0.4) is 0 Å². The average Bonchev–Trinajstić information content (AvgIpc) is 2.47. The van der Waals surface area contributed by atoms with Crippen molar-refractivity contribution in [2.45, 2.75) is 39.5 Å². The molecule has 1 aromatic carbocycles. The molecule has 0 aliphatic heterocycles. The highest BCUT2D eigenvalue weighted by atomic mass is 16.5. The van der Waals surface area contributed by atoms with Gasteiger partial charge >= 0.3 is 0 Å². The van der Waals surface area contributed by atoms with E-state index in [9.17, 15) is 0 Å². The molecule has 0 fully saturated rings. The highest BCUT2D eigenvalue weighted by Gasteiger charge is 2.11. The van der Waals surface area contributed by atoms with E-state index < -0.39 is 0 Å². The number of anilines is 1. The van der Waals surface area contributed by atoms with Crippen molar-refractivity contribution >= 4 is 16.9 Å². The Labute approximate surface area is 120 Å². The topological polar surface area (TPSA) is 61.0 Å². The molecule has 0 amide bonds. The van der Waals surface area contributed by atoms with E-state index in [-0.39, 0.29) is 0 Å². The van der Waals surface area contributed by atoms with Crippen molar-refractivity contribution in [1.29, 1.82) is 0 Å². The summed E-state index contributed by atoms with van der Waals surface area (Å²) in [6.07, 6.45) is 4.75. The monoisotopic (exact) mass is 273 g/mol. The summed E-state index contributed by atoms with van der Waals surface area (Å²) in [5.74, 6) is 1.38. The van der Waals surface area contributed by atoms with Crippen LogP contribution in [0.4, 0.5) is 5.82 Å². The van der Waals surface area contributed by atoms with Crippen molar-refractivity contribution in [2.24, 2.45) is 5.92 Å². The summed E-state index contributed by atoms with van der Waals surface area (Å²) in [6.45, 7) is 5.06. The number of nitrogens with two attached hydrogens (primary N) is 1. The molecule has 4 nitrogen and oxygen atoms in total. The molecule has 1 atom stereocenters. The van der Waals surface area contributed by atoms with Gasteiger partial charge in [-0.1, -0.05) is 45.2 Å². The second kappa shape index (κ2) is 7.08. The van der Waals surface area contributed by atoms with Gasteiger partial charge < -0.3 is 10.5 Å². The highest BCUT2D eigenvalue weighted by Crippen LogP contribution is 2.22. The number of nitrogen functional groups attached to an aromatic ring is 1. The molecule has 0 saturated carbocycles. The summed E-state index contributed by atoms with van der Waals surface area (Å²) in [7, 11) is 0. The molecule has 0 aliphatic carbocycles. The number of para-hydroxylation sites is 2. The van der Waals surface area contributed by atoms with Crippen LogP contribution < -0.4 is 10.5 Å². The van der Waals surface area contributed by atoms with Crippen LogP contribution in [0.5, 0.6) is 5.88 Å². The van der Waals surface area contributed by atoms with E-state index in [4.69, 9.17) is 10.5 Å². The lowest BCUT2D eigenvalue weighted by Gasteiger charge is -2.15. The zero-order valence-corrected chi connectivity index (χ0v) is 12.3. The molecule has 1 aromatic heterocycles. The first-order valence-corrected chi connectivity index (χ1v) is 7.39. The molecule has 4 heteroatoms. The van der Waals surface area contributed by atoms with Gasteiger partial charge in [-0.15, -0.1) is 0 Å². The Bertz CT molecular complexity index is 556. The van der Waals surface area contributed by atoms with Crippen molar-refractivity contribution in [3.63, 3.8) is 0 Å². The smallest absolute Gasteiger partial charge is 0.257 e. The van der Waals surface area contributed by atoms with E-state index in [1.54, 1.807) is 0 Å². The van der Waals surface area contributed by atoms with E-state index in [0.717, 1.165) is 17.5 Å². The Hall–Kier alpha value is -1.84. The lowest BCUT2D eigenvalue weighted by molar-refractivity contribution is 0.227. The number of benzene rings is 1. The normalized spacial score (nSPS) is 12.5. The number of aromatic nitrogens is 2. The SMILES string of the molecule is CCCCC(CC)COc1nc2ccccc2nc1N. The first kappa shape index (κ1) is 14.6. The first-order chi connectivity index (χ1) is 9.74. The van der Waals surface area contributed by atoms with Crippen LogP contribution >= 0.6 is 0 Å². The van der Waals surface area contributed by atoms with Crippen LogP contribution in [-0.4, -0.2) is 16.6 Å². The van der Waals surface area contributed by atoms with Crippen molar-refractivity contribution in [2.75, 3.05) is 12.3 Å². The van der Waals surface area contributed by atoms with Crippen LogP contribution in [0.2, 0.25) is 0 Å². The zero-order valence-electron chi connectivity index (χ0n) is 12.3. The molecular weight excluding hydrogens is 250 g/mol. The summed E-state index contributed by atoms with van der Waals surface area (Å²) in [5, 5.41) is 0. The summed E-state index contributed by atoms with van der Waals surface area (Å²) in [4.78, 5) is 8.78. The first-order valence-electron chi connectivity index (χ1n) is 7.39. The fourth-order valence-electron chi connectivity index (χ4n) is 2.20. The summed E-state index contributed by atoms with van der Waals surface area (Å²) >= 11 is 0. The van der Waals surface area contributed by atoms with Gasteiger partial charge in [0.15, 0.2) is 5.82 Å². The second-order valence-corrected chi connectivity index (χ2v) is 5.13. The minimum Gasteiger partial charge on any atom is -0.475 e. The predicted molar refractivity (Wildman–Crippen MR) is 82.8 cm³/mol. The van der Waals surface area contributed by atoms with E-state index >= 15 is 0 Å². The van der Waals surface area contributed by atoms with Crippen LogP contribution in [0.25, 0.3) is 11.0 Å². The molecule has 2 rings (SSSR count). The third-order valence-corrected chi connectivity index (χ3v) is 3.56. The Morgan fingerprint density at radius 3 is 2.50 bits per heavy atom. The second-order valence-electron chi connectivity index (χ2n) is 5.13. The molecule has 20 heavy (non-hydrogen) atoms. The molecule has 108 valence electrons. The number of fused-ring (bicyclic) bond motifs is 1. The van der Waals surface area contributed by atoms with Crippen LogP contribution in [0.1, 0.15) is 39.5 Å². The van der Waals surface area contributed by atoms with Gasteiger partial charge in [0.1, 0.15) is 0 Å². The van der Waals surface area contributed by atoms with E-state index in [2.05, 4.69) is 23.8 Å². The third-order valence-electron chi connectivity index (χ3n) is 3.56. The number of hydrogen-bond acceptors (Lipinski definition) is 4. The van der Waals surface area contributed by atoms with Gasteiger partial charge in [0.05, 0.1) is 17.6 Å². The molecule has 0 bridgehead atoms. The zero-order chi connectivity index (χ0) is 14.4. The maximum Gasteiger partial charge on any atom is 0.257 e. The maximum absolute atomic E-state index is 5.92. The highest BCUT2D eigenvalue weighted by molar-refractivity contribution is 5.76. The molecule has 0 aliphatic rings. The molecule has 0 saturated heterocycles. The summed E-state index contributed by atoms with van der Waals surface area (Å²) in [5.41, 5.74) is 7.53. The lowest BCUT2D eigenvalue weighted by Crippen LogP contribution is -2.13. The van der Waals surface area contributed by atoms with Gasteiger partial charge in [-0.2, -0.15) is 0 Å². The largest absolute Gasteiger partial charge is 0.475 e. The van der Waals surface area contributed by atoms with Crippen molar-refractivity contribution in [3.05, 3.63) is 24.3 Å². The van der Waals surface area contributed by atoms with E-state index in [1.165, 1.54) is 19.3 Å². The van der Waals surface area contributed by atoms with Gasteiger partial charge in [-0.3, -0.25) is 0 Å². The maximum atomic E-state index is 5.92. The Morgan fingerprint density at radius 2 is 1.85 bits per heavy atom. The van der Waals surface area contributed by atoms with Crippen molar-refractivity contribution < 1.29 is 4.74 Å². The predicted octanol–water partition coefficient (Wildman–Crippen LogP) is 3.81. The molecular formula is C16H23N3O. The Kier molecular flexibility index (Phi) is 5.16. The minimum atomic E-state index is 0.369. The number of nitrogens with zero attached hydrogens (tertiary/aromatic N) is 2. The van der Waals surface area contributed by atoms with E-state index in [0.29, 0.717) is 24.2 Å². The molecule has 2 aromatic rings. The van der Waals surface area contributed by atoms with Gasteiger partial charge in [-0.25, -0.2) is 9.97 Å². The fourth-order valence-corrected chi connectivity index (χ4v) is 2.20. The average molecular weight is 273 g/mol. The van der Waals surface area contributed by atoms with Crippen molar-refractivity contribution in [1.82, 2.24) is 9.97 Å². The Morgan fingerprint density at radius 1 is 1.15 bits per heavy atom. The summed E-state index contributed by atoms with van der Waals surface area (Å²) < 4.78 is 5.80. The standard InChI is InChI=1S/C16H23N3O/c1-3-5-8-12(4-2)11-20-16-15(17)18-13-9-6-7-10-14(13)19-16/h6-7,9-10,12H,3-5,8,11H2,1-2H3,(H2,17,18). The number of hydrogen-bond donors (Lipinski definition) is 1. The number of unbranched alkanes of at least 4 members (excludes halogenated alkanes) is 1. The molecule has 2 N–H and O–H groups in total. The van der Waals surface area contributed by atoms with Gasteiger partial charge in [-0.05, 0) is 24.5 Å². The van der Waals surface area contributed by atoms with Crippen LogP contribution in [-0.2, 0) is 0 Å². The quantitative estimate of drug-likeness (QED) is 0.833. The molecule has 0 radical (unpaired) electrons. The summed E-state index contributed by atoms with van der Waals surface area (Å²) in [6, 6.07) is 7.68. The van der Waals surface area contributed by atoms with Gasteiger partial charge in [0.25, 0.3) is 5.88 Å². The number of ether oxygens (including phenoxy) is 1. The van der Waals surface area contributed by atoms with Crippen molar-refractivity contribution in [3.8, 4) is 5.88 Å². The van der Waals surface area contributed by atoms with Gasteiger partial charge in [0.2, 0.25) is 0 Å². The lowest BCUT2D eigenvalue weighted by atomic mass is 10.0. The fraction of sp³-hybridized carbons (Fsp3) is 0.500. The molecule has 1 heterocycles. The van der Waals surface area contributed by atoms with E-state index in [1.807, 2.05) is 24.3 Å².